The Balaban J connectivity index is 1.11. The molecule has 5 aromatic rings. The van der Waals surface area contributed by atoms with Crippen LogP contribution in [0.1, 0.15) is 65.2 Å². The van der Waals surface area contributed by atoms with Gasteiger partial charge in [-0.25, -0.2) is 9.59 Å². The summed E-state index contributed by atoms with van der Waals surface area (Å²) in [5, 5.41) is 17.6. The molecule has 9 heteroatoms. The molecule has 1 aliphatic heterocycles. The number of aliphatic hydroxyl groups is 1. The number of ether oxygens (including phenoxy) is 3. The quantitative estimate of drug-likeness (QED) is 0.112. The third-order valence-electron chi connectivity index (χ3n) is 9.80. The van der Waals surface area contributed by atoms with Crippen LogP contribution in [0.5, 0.6) is 0 Å². The van der Waals surface area contributed by atoms with Crippen LogP contribution >= 0.6 is 0 Å². The highest BCUT2D eigenvalue weighted by Crippen LogP contribution is 2.39. The Morgan fingerprint density at radius 2 is 1.50 bits per heavy atom. The summed E-state index contributed by atoms with van der Waals surface area (Å²) >= 11 is 0. The average molecular weight is 702 g/mol. The molecule has 0 radical (unpaired) electrons. The van der Waals surface area contributed by atoms with Crippen LogP contribution in [-0.2, 0) is 38.6 Å². The normalized spacial score (nSPS) is 18.4. The summed E-state index contributed by atoms with van der Waals surface area (Å²) in [5.74, 6) is -0.508. The van der Waals surface area contributed by atoms with Crippen LogP contribution in [0.15, 0.2) is 121 Å². The molecule has 3 N–H and O–H groups in total. The number of urea groups is 1. The molecule has 1 fully saturated rings. The van der Waals surface area contributed by atoms with Crippen molar-refractivity contribution >= 4 is 22.8 Å². The first-order valence-electron chi connectivity index (χ1n) is 17.7. The maximum Gasteiger partial charge on any atom is 0.328 e. The standard InChI is InChI=1S/C43H47N3O6/c1-29(36-22-21-33-11-7-8-12-37(33)24-36)46(2)27-38-25-40(34-17-15-32(28-47)16-18-34)52-42(51-38)35-19-13-31(14-20-35)26-44-43(49)45-39(41(48)50-3)23-30-9-5-4-6-10-30/h4-22,24,29,38-40,42,47H,23,25-28H2,1-3H3,(H2,44,45,49)/t29-,38-,39+,40+,42+/m1/s1. The van der Waals surface area contributed by atoms with Gasteiger partial charge in [-0.3, -0.25) is 4.90 Å². The molecule has 1 heterocycles. The molecule has 0 unspecified atom stereocenters. The van der Waals surface area contributed by atoms with Crippen LogP contribution in [0, 0.1) is 0 Å². The highest BCUT2D eigenvalue weighted by molar-refractivity contribution is 5.84. The molecule has 1 saturated heterocycles. The highest BCUT2D eigenvalue weighted by Gasteiger charge is 2.33. The van der Waals surface area contributed by atoms with Crippen molar-refractivity contribution < 1.29 is 28.9 Å². The van der Waals surface area contributed by atoms with Crippen molar-refractivity contribution in [3.05, 3.63) is 155 Å². The Labute approximate surface area is 305 Å². The molecule has 270 valence electrons. The molecular weight excluding hydrogens is 654 g/mol. The van der Waals surface area contributed by atoms with Gasteiger partial charge in [0.05, 0.1) is 25.9 Å². The second-order valence-electron chi connectivity index (χ2n) is 13.4. The molecule has 5 aromatic carbocycles. The maximum atomic E-state index is 12.8. The van der Waals surface area contributed by atoms with Crippen molar-refractivity contribution in [2.45, 2.75) is 63.5 Å². The van der Waals surface area contributed by atoms with Crippen molar-refractivity contribution in [2.24, 2.45) is 0 Å². The Morgan fingerprint density at radius 1 is 0.827 bits per heavy atom. The number of fused-ring (bicyclic) bond motifs is 1. The summed E-state index contributed by atoms with van der Waals surface area (Å²) in [7, 11) is 3.44. The smallest absolute Gasteiger partial charge is 0.328 e. The Morgan fingerprint density at radius 3 is 2.21 bits per heavy atom. The zero-order chi connectivity index (χ0) is 36.5. The van der Waals surface area contributed by atoms with Gasteiger partial charge in [-0.2, -0.15) is 0 Å². The van der Waals surface area contributed by atoms with Crippen LogP contribution in [0.2, 0.25) is 0 Å². The Bertz CT molecular complexity index is 1920. The first-order valence-corrected chi connectivity index (χ1v) is 17.7. The van der Waals surface area contributed by atoms with Crippen LogP contribution < -0.4 is 10.6 Å². The number of aliphatic hydroxyl groups excluding tert-OH is 1. The van der Waals surface area contributed by atoms with Gasteiger partial charge >= 0.3 is 12.0 Å². The lowest BCUT2D eigenvalue weighted by Crippen LogP contribution is -2.47. The van der Waals surface area contributed by atoms with Crippen molar-refractivity contribution in [3.8, 4) is 0 Å². The minimum Gasteiger partial charge on any atom is -0.467 e. The second kappa shape index (κ2) is 17.4. The number of benzene rings is 5. The number of nitrogens with one attached hydrogen (secondary N) is 2. The molecule has 0 saturated carbocycles. The number of likely N-dealkylation sites (N-methyl/N-ethyl adjacent to an activating group) is 1. The summed E-state index contributed by atoms with van der Waals surface area (Å²) in [6, 6.07) is 39.1. The molecule has 0 aromatic heterocycles. The van der Waals surface area contributed by atoms with Crippen LogP contribution in [0.4, 0.5) is 4.79 Å². The Hall–Kier alpha value is -5.06. The molecular formula is C43H47N3O6. The Kier molecular flexibility index (Phi) is 12.3. The zero-order valence-corrected chi connectivity index (χ0v) is 29.9. The van der Waals surface area contributed by atoms with Gasteiger partial charge in [0.1, 0.15) is 6.04 Å². The summed E-state index contributed by atoms with van der Waals surface area (Å²) in [6.45, 7) is 3.17. The lowest BCUT2D eigenvalue weighted by Gasteiger charge is -2.39. The van der Waals surface area contributed by atoms with E-state index in [-0.39, 0.29) is 31.4 Å². The predicted molar refractivity (Wildman–Crippen MR) is 201 cm³/mol. The van der Waals surface area contributed by atoms with E-state index in [1.165, 1.54) is 23.4 Å². The molecule has 6 rings (SSSR count). The number of hydrogen-bond donors (Lipinski definition) is 3. The van der Waals surface area contributed by atoms with E-state index in [0.29, 0.717) is 19.4 Å². The molecule has 0 spiro atoms. The largest absolute Gasteiger partial charge is 0.467 e. The lowest BCUT2D eigenvalue weighted by molar-refractivity contribution is -0.253. The lowest BCUT2D eigenvalue weighted by atomic mass is 9.98. The molecule has 5 atom stereocenters. The monoisotopic (exact) mass is 701 g/mol. The highest BCUT2D eigenvalue weighted by atomic mass is 16.7. The van der Waals surface area contributed by atoms with Crippen molar-refractivity contribution in [1.82, 2.24) is 15.5 Å². The van der Waals surface area contributed by atoms with Crippen LogP contribution in [0.3, 0.4) is 0 Å². The molecule has 2 amide bonds. The van der Waals surface area contributed by atoms with Gasteiger partial charge in [0.25, 0.3) is 0 Å². The van der Waals surface area contributed by atoms with Crippen molar-refractivity contribution in [3.63, 3.8) is 0 Å². The fraction of sp³-hybridized carbons (Fsp3) is 0.302. The van der Waals surface area contributed by atoms with E-state index in [1.54, 1.807) is 0 Å². The van der Waals surface area contributed by atoms with Crippen molar-refractivity contribution in [1.29, 1.82) is 0 Å². The molecule has 52 heavy (non-hydrogen) atoms. The number of rotatable bonds is 13. The minimum atomic E-state index is -0.814. The topological polar surface area (TPSA) is 109 Å². The van der Waals surface area contributed by atoms with E-state index in [1.807, 2.05) is 78.9 Å². The van der Waals surface area contributed by atoms with Gasteiger partial charge < -0.3 is 30.0 Å². The van der Waals surface area contributed by atoms with E-state index in [9.17, 15) is 14.7 Å². The number of amides is 2. The number of hydrogen-bond acceptors (Lipinski definition) is 7. The molecule has 0 bridgehead atoms. The first-order chi connectivity index (χ1) is 25.3. The summed E-state index contributed by atoms with van der Waals surface area (Å²) in [4.78, 5) is 27.5. The molecule has 1 aliphatic rings. The second-order valence-corrected chi connectivity index (χ2v) is 13.4. The predicted octanol–water partition coefficient (Wildman–Crippen LogP) is 7.15. The van der Waals surface area contributed by atoms with E-state index in [0.717, 1.165) is 27.8 Å². The number of nitrogens with zero attached hydrogens (tertiary/aromatic N) is 1. The number of esters is 1. The van der Waals surface area contributed by atoms with E-state index >= 15 is 0 Å². The van der Waals surface area contributed by atoms with Gasteiger partial charge in [-0.15, -0.1) is 0 Å². The number of carbonyl (C=O) groups excluding carboxylic acids is 2. The molecule has 9 nitrogen and oxygen atoms in total. The van der Waals surface area contributed by atoms with Crippen LogP contribution in [-0.4, -0.2) is 54.9 Å². The van der Waals surface area contributed by atoms with Gasteiger partial charge in [-0.05, 0) is 58.6 Å². The van der Waals surface area contributed by atoms with E-state index in [2.05, 4.69) is 72.0 Å². The minimum absolute atomic E-state index is 0.0139. The third-order valence-corrected chi connectivity index (χ3v) is 9.80. The average Bonchev–Trinajstić information content (AvgIpc) is 3.19. The van der Waals surface area contributed by atoms with Crippen LogP contribution in [0.25, 0.3) is 10.8 Å². The van der Waals surface area contributed by atoms with Gasteiger partial charge in [0.2, 0.25) is 0 Å². The summed E-state index contributed by atoms with van der Waals surface area (Å²) in [6.07, 6.45) is 0.0811. The van der Waals surface area contributed by atoms with Gasteiger partial charge in [-0.1, -0.05) is 115 Å². The van der Waals surface area contributed by atoms with Gasteiger partial charge in [0.15, 0.2) is 6.29 Å². The summed E-state index contributed by atoms with van der Waals surface area (Å²) < 4.78 is 18.1. The zero-order valence-electron chi connectivity index (χ0n) is 29.9. The maximum absolute atomic E-state index is 12.8. The first kappa shape index (κ1) is 36.7. The SMILES string of the molecule is COC(=O)[C@H](Cc1ccccc1)NC(=O)NCc1ccc([C@H]2O[C@@H](CN(C)[C@H](C)c3ccc4ccccc4c3)C[C@@H](c3ccc(CO)cc3)O2)cc1. The fourth-order valence-electron chi connectivity index (χ4n) is 6.60. The van der Waals surface area contributed by atoms with Crippen molar-refractivity contribution in [2.75, 3.05) is 20.7 Å². The van der Waals surface area contributed by atoms with E-state index in [4.69, 9.17) is 14.2 Å². The third kappa shape index (κ3) is 9.43. The van der Waals surface area contributed by atoms with Gasteiger partial charge in [0, 0.05) is 37.5 Å². The number of methoxy groups -OCH3 is 1. The number of carbonyl (C=O) groups is 2. The van der Waals surface area contributed by atoms with E-state index < -0.39 is 24.3 Å². The summed E-state index contributed by atoms with van der Waals surface area (Å²) in [5.41, 5.74) is 5.79. The molecule has 0 aliphatic carbocycles. The fourth-order valence-corrected chi connectivity index (χ4v) is 6.60.